The maximum absolute atomic E-state index is 12.9. The van der Waals surface area contributed by atoms with Gasteiger partial charge in [0.2, 0.25) is 15.9 Å². The van der Waals surface area contributed by atoms with Gasteiger partial charge in [0.25, 0.3) is 5.69 Å². The number of hydrogen-bond donors (Lipinski definition) is 1. The van der Waals surface area contributed by atoms with Crippen LogP contribution in [-0.2, 0) is 14.8 Å². The summed E-state index contributed by atoms with van der Waals surface area (Å²) in [4.78, 5) is 23.3. The lowest BCUT2D eigenvalue weighted by molar-refractivity contribution is -0.384. The van der Waals surface area contributed by atoms with Crippen molar-refractivity contribution in [2.24, 2.45) is 0 Å². The summed E-state index contributed by atoms with van der Waals surface area (Å²) in [7, 11) is -3.81. The molecule has 0 spiro atoms. The molecule has 0 unspecified atom stereocenters. The minimum absolute atomic E-state index is 0.177. The first-order valence-corrected chi connectivity index (χ1v) is 10.6. The molecule has 0 fully saturated rings. The molecule has 28 heavy (non-hydrogen) atoms. The van der Waals surface area contributed by atoms with Gasteiger partial charge in [0, 0.05) is 17.2 Å². The molecule has 0 aliphatic carbocycles. The number of benzene rings is 2. The van der Waals surface area contributed by atoms with E-state index in [1.54, 1.807) is 32.0 Å². The van der Waals surface area contributed by atoms with Crippen LogP contribution in [0.2, 0.25) is 5.02 Å². The largest absolute Gasteiger partial charge is 0.324 e. The molecule has 0 bridgehead atoms. The molecule has 1 atom stereocenters. The highest BCUT2D eigenvalue weighted by molar-refractivity contribution is 7.92. The molecular weight excluding hydrogens is 406 g/mol. The molecule has 0 saturated heterocycles. The minimum Gasteiger partial charge on any atom is -0.324 e. The molecular formula is C18H20ClN3O5S. The Hall–Kier alpha value is -2.65. The molecule has 2 aromatic rings. The van der Waals surface area contributed by atoms with Crippen LogP contribution in [0, 0.1) is 17.0 Å². The Kier molecular flexibility index (Phi) is 6.63. The first-order chi connectivity index (χ1) is 13.0. The number of aryl methyl sites for hydroxylation is 1. The maximum Gasteiger partial charge on any atom is 0.271 e. The van der Waals surface area contributed by atoms with Crippen LogP contribution in [0.4, 0.5) is 17.1 Å². The van der Waals surface area contributed by atoms with Crippen LogP contribution in [0.3, 0.4) is 0 Å². The van der Waals surface area contributed by atoms with E-state index in [1.165, 1.54) is 24.3 Å². The van der Waals surface area contributed by atoms with Crippen molar-refractivity contribution < 1.29 is 18.1 Å². The number of carbonyl (C=O) groups is 1. The van der Waals surface area contributed by atoms with E-state index in [0.717, 1.165) is 10.6 Å². The number of nitro benzene ring substituents is 1. The summed E-state index contributed by atoms with van der Waals surface area (Å²) in [6, 6.07) is 9.21. The average Bonchev–Trinajstić information content (AvgIpc) is 2.59. The van der Waals surface area contributed by atoms with Crippen LogP contribution in [0.15, 0.2) is 42.5 Å². The van der Waals surface area contributed by atoms with Crippen LogP contribution in [0.1, 0.15) is 18.9 Å². The van der Waals surface area contributed by atoms with Gasteiger partial charge in [-0.25, -0.2) is 8.42 Å². The van der Waals surface area contributed by atoms with E-state index in [2.05, 4.69) is 5.32 Å². The number of nitro groups is 1. The molecule has 10 heteroatoms. The Bertz CT molecular complexity index is 1010. The summed E-state index contributed by atoms with van der Waals surface area (Å²) in [5, 5.41) is 13.9. The van der Waals surface area contributed by atoms with Crippen molar-refractivity contribution in [2.45, 2.75) is 26.3 Å². The van der Waals surface area contributed by atoms with Crippen molar-refractivity contribution in [3.8, 4) is 0 Å². The predicted octanol–water partition coefficient (Wildman–Crippen LogP) is 3.74. The Morgan fingerprint density at radius 3 is 2.50 bits per heavy atom. The molecule has 0 heterocycles. The Balaban J connectivity index is 2.43. The third-order valence-electron chi connectivity index (χ3n) is 4.08. The number of carbonyl (C=O) groups excluding carboxylic acids is 1. The van der Waals surface area contributed by atoms with Crippen molar-refractivity contribution in [1.82, 2.24) is 0 Å². The molecule has 1 N–H and O–H groups in total. The fourth-order valence-corrected chi connectivity index (χ4v) is 4.14. The smallest absolute Gasteiger partial charge is 0.271 e. The van der Waals surface area contributed by atoms with Crippen molar-refractivity contribution in [1.29, 1.82) is 0 Å². The highest BCUT2D eigenvalue weighted by Gasteiger charge is 2.32. The second-order valence-electron chi connectivity index (χ2n) is 6.21. The van der Waals surface area contributed by atoms with Gasteiger partial charge in [0.1, 0.15) is 6.04 Å². The molecule has 0 radical (unpaired) electrons. The summed E-state index contributed by atoms with van der Waals surface area (Å²) < 4.78 is 25.8. The van der Waals surface area contributed by atoms with Crippen LogP contribution in [0.5, 0.6) is 0 Å². The van der Waals surface area contributed by atoms with Gasteiger partial charge in [0.05, 0.1) is 22.6 Å². The Morgan fingerprint density at radius 2 is 1.96 bits per heavy atom. The number of nitrogens with one attached hydrogen (secondary N) is 1. The number of anilines is 2. The lowest BCUT2D eigenvalue weighted by Gasteiger charge is -2.30. The maximum atomic E-state index is 12.9. The van der Waals surface area contributed by atoms with E-state index in [1.807, 2.05) is 0 Å². The van der Waals surface area contributed by atoms with Gasteiger partial charge < -0.3 is 5.32 Å². The van der Waals surface area contributed by atoms with Crippen LogP contribution >= 0.6 is 11.6 Å². The van der Waals surface area contributed by atoms with Gasteiger partial charge in [-0.1, -0.05) is 30.7 Å². The van der Waals surface area contributed by atoms with Crippen LogP contribution < -0.4 is 9.62 Å². The van der Waals surface area contributed by atoms with E-state index in [-0.39, 0.29) is 23.5 Å². The minimum atomic E-state index is -3.81. The van der Waals surface area contributed by atoms with Gasteiger partial charge >= 0.3 is 0 Å². The zero-order chi connectivity index (χ0) is 21.1. The zero-order valence-electron chi connectivity index (χ0n) is 15.5. The summed E-state index contributed by atoms with van der Waals surface area (Å²) >= 11 is 5.98. The van der Waals surface area contributed by atoms with Gasteiger partial charge in [0.15, 0.2) is 0 Å². The third kappa shape index (κ3) is 4.99. The van der Waals surface area contributed by atoms with E-state index in [0.29, 0.717) is 10.6 Å². The molecule has 0 aliphatic heterocycles. The number of non-ortho nitro benzene ring substituents is 1. The molecule has 8 nitrogen and oxygen atoms in total. The summed E-state index contributed by atoms with van der Waals surface area (Å²) in [6.07, 6.45) is 1.18. The number of nitrogens with zero attached hydrogens (tertiary/aromatic N) is 2. The topological polar surface area (TPSA) is 110 Å². The van der Waals surface area contributed by atoms with Gasteiger partial charge in [-0.2, -0.15) is 0 Å². The SMILES string of the molecule is CC[C@H](C(=O)Nc1cc([N+](=O)[O-])ccc1C)N(c1cccc(Cl)c1)S(C)(=O)=O. The fourth-order valence-electron chi connectivity index (χ4n) is 2.75. The second kappa shape index (κ2) is 8.57. The Labute approximate surface area is 168 Å². The van der Waals surface area contributed by atoms with Gasteiger partial charge in [-0.05, 0) is 37.1 Å². The Morgan fingerprint density at radius 1 is 1.29 bits per heavy atom. The van der Waals surface area contributed by atoms with Crippen molar-refractivity contribution in [3.05, 3.63) is 63.2 Å². The van der Waals surface area contributed by atoms with E-state index in [4.69, 9.17) is 11.6 Å². The van der Waals surface area contributed by atoms with Crippen LogP contribution in [-0.4, -0.2) is 31.5 Å². The van der Waals surface area contributed by atoms with Gasteiger partial charge in [-0.15, -0.1) is 0 Å². The quantitative estimate of drug-likeness (QED) is 0.536. The van der Waals surface area contributed by atoms with E-state index in [9.17, 15) is 23.3 Å². The number of halogens is 1. The standard InChI is InChI=1S/C18H20ClN3O5S/c1-4-17(21(28(3,26)27)14-7-5-6-13(19)10-14)18(23)20-16-11-15(22(24)25)9-8-12(16)2/h5-11,17H,4H2,1-3H3,(H,20,23)/t17-/m1/s1. The highest BCUT2D eigenvalue weighted by atomic mass is 35.5. The van der Waals surface area contributed by atoms with Crippen molar-refractivity contribution >= 4 is 44.6 Å². The van der Waals surface area contributed by atoms with Crippen LogP contribution in [0.25, 0.3) is 0 Å². The fraction of sp³-hybridized carbons (Fsp3) is 0.278. The molecule has 150 valence electrons. The number of sulfonamides is 1. The summed E-state index contributed by atoms with van der Waals surface area (Å²) in [5.41, 5.74) is 0.941. The lowest BCUT2D eigenvalue weighted by Crippen LogP contribution is -2.47. The van der Waals surface area contributed by atoms with Crippen molar-refractivity contribution in [3.63, 3.8) is 0 Å². The summed E-state index contributed by atoms with van der Waals surface area (Å²) in [6.45, 7) is 3.36. The normalized spacial score (nSPS) is 12.3. The first kappa shape index (κ1) is 21.6. The highest BCUT2D eigenvalue weighted by Crippen LogP contribution is 2.27. The number of rotatable bonds is 7. The number of hydrogen-bond acceptors (Lipinski definition) is 5. The molecule has 1 amide bonds. The number of amides is 1. The lowest BCUT2D eigenvalue weighted by atomic mass is 10.1. The molecule has 0 aromatic heterocycles. The average molecular weight is 426 g/mol. The third-order valence-corrected chi connectivity index (χ3v) is 5.50. The van der Waals surface area contributed by atoms with Crippen molar-refractivity contribution in [2.75, 3.05) is 15.9 Å². The first-order valence-electron chi connectivity index (χ1n) is 8.35. The molecule has 2 rings (SSSR count). The molecule has 0 saturated carbocycles. The monoisotopic (exact) mass is 425 g/mol. The summed E-state index contributed by atoms with van der Waals surface area (Å²) in [5.74, 6) is -0.600. The zero-order valence-corrected chi connectivity index (χ0v) is 17.1. The molecule has 0 aliphatic rings. The molecule has 2 aromatic carbocycles. The van der Waals surface area contributed by atoms with Gasteiger partial charge in [-0.3, -0.25) is 19.2 Å². The predicted molar refractivity (Wildman–Crippen MR) is 109 cm³/mol. The van der Waals surface area contributed by atoms with E-state index >= 15 is 0 Å². The second-order valence-corrected chi connectivity index (χ2v) is 8.50. The van der Waals surface area contributed by atoms with E-state index < -0.39 is 26.9 Å².